The number of anilines is 1. The van der Waals surface area contributed by atoms with E-state index in [1.165, 1.54) is 18.3 Å². The van der Waals surface area contributed by atoms with Gasteiger partial charge in [-0.3, -0.25) is 4.79 Å². The van der Waals surface area contributed by atoms with Crippen molar-refractivity contribution in [2.45, 2.75) is 6.04 Å². The van der Waals surface area contributed by atoms with E-state index in [0.29, 0.717) is 19.6 Å². The van der Waals surface area contributed by atoms with Crippen molar-refractivity contribution in [2.24, 2.45) is 5.73 Å². The predicted octanol–water partition coefficient (Wildman–Crippen LogP) is -0.516. The summed E-state index contributed by atoms with van der Waals surface area (Å²) in [6, 6.07) is 2.29. The van der Waals surface area contributed by atoms with Crippen LogP contribution in [0.1, 0.15) is 0 Å². The Morgan fingerprint density at radius 2 is 2.50 bits per heavy atom. The smallest absolute Gasteiger partial charge is 0.241 e. The number of aromatic nitrogens is 1. The zero-order valence-corrected chi connectivity index (χ0v) is 8.69. The molecule has 0 aliphatic carbocycles. The average molecular weight is 224 g/mol. The van der Waals surface area contributed by atoms with Crippen molar-refractivity contribution in [1.82, 2.24) is 10.3 Å². The number of primary amides is 1. The highest BCUT2D eigenvalue weighted by Gasteiger charge is 2.29. The van der Waals surface area contributed by atoms with Crippen molar-refractivity contribution >= 4 is 11.7 Å². The molecule has 1 aromatic rings. The zero-order chi connectivity index (χ0) is 11.5. The highest BCUT2D eigenvalue weighted by molar-refractivity contribution is 5.83. The lowest BCUT2D eigenvalue weighted by atomic mass is 10.2. The number of amides is 1. The molecule has 2 rings (SSSR count). The van der Waals surface area contributed by atoms with Crippen LogP contribution in [0.5, 0.6) is 0 Å². The number of nitrogens with zero attached hydrogens (tertiary/aromatic N) is 2. The minimum Gasteiger partial charge on any atom is -0.368 e. The van der Waals surface area contributed by atoms with Crippen LogP contribution in [-0.2, 0) is 4.79 Å². The number of nitrogens with one attached hydrogen (secondary N) is 1. The fraction of sp³-hybridized carbons (Fsp3) is 0.400. The Bertz CT molecular complexity index is 398. The predicted molar refractivity (Wildman–Crippen MR) is 57.4 cm³/mol. The first-order valence-electron chi connectivity index (χ1n) is 5.07. The zero-order valence-electron chi connectivity index (χ0n) is 8.69. The van der Waals surface area contributed by atoms with Crippen LogP contribution in [0.3, 0.4) is 0 Å². The molecule has 6 heteroatoms. The van der Waals surface area contributed by atoms with Gasteiger partial charge in [0.25, 0.3) is 0 Å². The molecule has 1 aromatic heterocycles. The van der Waals surface area contributed by atoms with E-state index >= 15 is 0 Å². The molecule has 1 saturated heterocycles. The third kappa shape index (κ3) is 1.96. The van der Waals surface area contributed by atoms with Gasteiger partial charge in [-0.1, -0.05) is 0 Å². The van der Waals surface area contributed by atoms with Crippen LogP contribution in [0.2, 0.25) is 0 Å². The van der Waals surface area contributed by atoms with E-state index in [9.17, 15) is 9.18 Å². The summed E-state index contributed by atoms with van der Waals surface area (Å²) in [5, 5.41) is 3.04. The third-order valence-corrected chi connectivity index (χ3v) is 2.58. The molecule has 5 nitrogen and oxygen atoms in total. The van der Waals surface area contributed by atoms with E-state index in [-0.39, 0.29) is 5.82 Å². The molecular formula is C10H13FN4O. The molecule has 1 amide bonds. The molecule has 0 saturated carbocycles. The number of piperazine rings is 1. The van der Waals surface area contributed by atoms with Crippen LogP contribution in [0.15, 0.2) is 18.3 Å². The summed E-state index contributed by atoms with van der Waals surface area (Å²) in [4.78, 5) is 16.8. The van der Waals surface area contributed by atoms with Gasteiger partial charge >= 0.3 is 0 Å². The van der Waals surface area contributed by atoms with Crippen LogP contribution >= 0.6 is 0 Å². The van der Waals surface area contributed by atoms with Crippen LogP contribution < -0.4 is 16.0 Å². The van der Waals surface area contributed by atoms with Gasteiger partial charge in [0.1, 0.15) is 6.04 Å². The van der Waals surface area contributed by atoms with Gasteiger partial charge in [-0.15, -0.1) is 0 Å². The molecule has 16 heavy (non-hydrogen) atoms. The Kier molecular flexibility index (Phi) is 3.00. The number of carbonyl (C=O) groups is 1. The Morgan fingerprint density at radius 1 is 1.69 bits per heavy atom. The van der Waals surface area contributed by atoms with E-state index in [1.54, 1.807) is 4.90 Å². The maximum absolute atomic E-state index is 13.5. The van der Waals surface area contributed by atoms with Crippen LogP contribution in [0.4, 0.5) is 10.2 Å². The van der Waals surface area contributed by atoms with Gasteiger partial charge in [-0.2, -0.15) is 0 Å². The van der Waals surface area contributed by atoms with Crippen molar-refractivity contribution in [2.75, 3.05) is 24.5 Å². The van der Waals surface area contributed by atoms with Gasteiger partial charge in [0.15, 0.2) is 11.6 Å². The van der Waals surface area contributed by atoms with E-state index in [0.717, 1.165) is 0 Å². The summed E-state index contributed by atoms with van der Waals surface area (Å²) in [7, 11) is 0. The van der Waals surface area contributed by atoms with Gasteiger partial charge in [0.2, 0.25) is 5.91 Å². The number of pyridine rings is 1. The molecule has 0 radical (unpaired) electrons. The molecule has 1 fully saturated rings. The van der Waals surface area contributed by atoms with Gasteiger partial charge in [0, 0.05) is 25.8 Å². The molecular weight excluding hydrogens is 211 g/mol. The standard InChI is InChI=1S/C10H13FN4O/c11-7-2-1-3-14-10(7)15-5-4-13-6-8(15)9(12)16/h1-3,8,13H,4-6H2,(H2,12,16). The number of hydrogen-bond acceptors (Lipinski definition) is 4. The Hall–Kier alpha value is -1.69. The number of carbonyl (C=O) groups excluding carboxylic acids is 1. The molecule has 3 N–H and O–H groups in total. The topological polar surface area (TPSA) is 71.2 Å². The minimum atomic E-state index is -0.543. The first-order valence-corrected chi connectivity index (χ1v) is 5.07. The van der Waals surface area contributed by atoms with Crippen molar-refractivity contribution in [1.29, 1.82) is 0 Å². The lowest BCUT2D eigenvalue weighted by molar-refractivity contribution is -0.119. The van der Waals surface area contributed by atoms with Gasteiger partial charge in [-0.25, -0.2) is 9.37 Å². The normalized spacial score (nSPS) is 20.8. The highest BCUT2D eigenvalue weighted by Crippen LogP contribution is 2.18. The molecule has 0 bridgehead atoms. The number of rotatable bonds is 2. The van der Waals surface area contributed by atoms with Gasteiger partial charge in [0.05, 0.1) is 0 Å². The molecule has 0 spiro atoms. The van der Waals surface area contributed by atoms with E-state index in [2.05, 4.69) is 10.3 Å². The molecule has 1 aliphatic heterocycles. The summed E-state index contributed by atoms with van der Waals surface area (Å²) < 4.78 is 13.5. The Labute approximate surface area is 92.4 Å². The number of hydrogen-bond donors (Lipinski definition) is 2. The first kappa shape index (κ1) is 10.8. The van der Waals surface area contributed by atoms with Crippen LogP contribution in [0.25, 0.3) is 0 Å². The van der Waals surface area contributed by atoms with Gasteiger partial charge < -0.3 is 16.0 Å². The summed E-state index contributed by atoms with van der Waals surface area (Å²) in [6.45, 7) is 1.62. The Morgan fingerprint density at radius 3 is 3.19 bits per heavy atom. The van der Waals surface area contributed by atoms with Crippen molar-refractivity contribution in [3.05, 3.63) is 24.1 Å². The molecule has 86 valence electrons. The largest absolute Gasteiger partial charge is 0.368 e. The highest BCUT2D eigenvalue weighted by atomic mass is 19.1. The van der Waals surface area contributed by atoms with E-state index < -0.39 is 17.8 Å². The second kappa shape index (κ2) is 4.44. The first-order chi connectivity index (χ1) is 7.70. The Balaban J connectivity index is 2.30. The van der Waals surface area contributed by atoms with Crippen molar-refractivity contribution in [3.63, 3.8) is 0 Å². The lowest BCUT2D eigenvalue weighted by Gasteiger charge is -2.35. The lowest BCUT2D eigenvalue weighted by Crippen LogP contribution is -2.57. The fourth-order valence-electron chi connectivity index (χ4n) is 1.80. The SMILES string of the molecule is NC(=O)C1CNCCN1c1ncccc1F. The second-order valence-corrected chi connectivity index (χ2v) is 3.62. The molecule has 1 aliphatic rings. The maximum Gasteiger partial charge on any atom is 0.241 e. The van der Waals surface area contributed by atoms with E-state index in [4.69, 9.17) is 5.73 Å². The average Bonchev–Trinajstić information content (AvgIpc) is 2.29. The second-order valence-electron chi connectivity index (χ2n) is 3.62. The summed E-state index contributed by atoms with van der Waals surface area (Å²) >= 11 is 0. The van der Waals surface area contributed by atoms with Crippen LogP contribution in [0, 0.1) is 5.82 Å². The summed E-state index contributed by atoms with van der Waals surface area (Å²) in [6.07, 6.45) is 1.50. The monoisotopic (exact) mass is 224 g/mol. The molecule has 1 unspecified atom stereocenters. The van der Waals surface area contributed by atoms with Gasteiger partial charge in [-0.05, 0) is 12.1 Å². The molecule has 2 heterocycles. The van der Waals surface area contributed by atoms with Crippen molar-refractivity contribution in [3.8, 4) is 0 Å². The summed E-state index contributed by atoms with van der Waals surface area (Å²) in [5.41, 5.74) is 5.27. The summed E-state index contributed by atoms with van der Waals surface area (Å²) in [5.74, 6) is -0.722. The van der Waals surface area contributed by atoms with Crippen LogP contribution in [-0.4, -0.2) is 36.6 Å². The molecule has 0 aromatic carbocycles. The van der Waals surface area contributed by atoms with E-state index in [1.807, 2.05) is 0 Å². The number of halogens is 1. The van der Waals surface area contributed by atoms with Crippen molar-refractivity contribution < 1.29 is 9.18 Å². The molecule has 1 atom stereocenters. The fourth-order valence-corrected chi connectivity index (χ4v) is 1.80. The minimum absolute atomic E-state index is 0.188. The third-order valence-electron chi connectivity index (χ3n) is 2.58. The maximum atomic E-state index is 13.5. The quantitative estimate of drug-likeness (QED) is 0.709. The number of nitrogens with two attached hydrogens (primary N) is 1.